The maximum Gasteiger partial charge on any atom is 0.0191 e. The van der Waals surface area contributed by atoms with Crippen LogP contribution in [0.15, 0.2) is 0 Å². The molecular weight excluding hydrogens is 160 g/mol. The van der Waals surface area contributed by atoms with Gasteiger partial charge in [0.2, 0.25) is 0 Å². The Morgan fingerprint density at radius 3 is 2.00 bits per heavy atom. The van der Waals surface area contributed by atoms with Gasteiger partial charge in [0, 0.05) is 18.6 Å². The molecule has 13 heavy (non-hydrogen) atoms. The first-order chi connectivity index (χ1) is 6.02. The van der Waals surface area contributed by atoms with Gasteiger partial charge in [0.05, 0.1) is 0 Å². The topological polar surface area (TPSA) is 29.3 Å². The first-order valence-electron chi connectivity index (χ1n) is 5.52. The van der Waals surface area contributed by atoms with Gasteiger partial charge in [-0.25, -0.2) is 0 Å². The molecule has 2 nitrogen and oxygen atoms in total. The lowest BCUT2D eigenvalue weighted by molar-refractivity contribution is 0.189. The summed E-state index contributed by atoms with van der Waals surface area (Å²) in [6, 6.07) is 0.976. The lowest BCUT2D eigenvalue weighted by Gasteiger charge is -2.30. The predicted molar refractivity (Wildman–Crippen MR) is 59.8 cm³/mol. The van der Waals surface area contributed by atoms with E-state index in [2.05, 4.69) is 39.5 Å². The largest absolute Gasteiger partial charge is 0.326 e. The molecule has 0 aliphatic carbocycles. The minimum atomic E-state index is 0.314. The van der Waals surface area contributed by atoms with Crippen LogP contribution in [0, 0.1) is 5.92 Å². The van der Waals surface area contributed by atoms with Gasteiger partial charge in [-0.1, -0.05) is 27.7 Å². The summed E-state index contributed by atoms with van der Waals surface area (Å²) in [6.07, 6.45) is 1.21. The average molecular weight is 186 g/mol. The van der Waals surface area contributed by atoms with Crippen molar-refractivity contribution in [3.05, 3.63) is 0 Å². The first-order valence-corrected chi connectivity index (χ1v) is 5.52. The molecule has 2 atom stereocenters. The molecule has 0 spiro atoms. The third kappa shape index (κ3) is 4.63. The highest BCUT2D eigenvalue weighted by Crippen LogP contribution is 2.07. The molecule has 0 fully saturated rings. The van der Waals surface area contributed by atoms with E-state index in [1.807, 2.05) is 0 Å². The monoisotopic (exact) mass is 186 g/mol. The van der Waals surface area contributed by atoms with Gasteiger partial charge in [0.1, 0.15) is 0 Å². The molecule has 0 aliphatic rings. The van der Waals surface area contributed by atoms with Crippen molar-refractivity contribution in [1.29, 1.82) is 0 Å². The van der Waals surface area contributed by atoms with E-state index >= 15 is 0 Å². The fraction of sp³-hybridized carbons (Fsp3) is 1.00. The van der Waals surface area contributed by atoms with Crippen molar-refractivity contribution in [1.82, 2.24) is 4.90 Å². The summed E-state index contributed by atoms with van der Waals surface area (Å²) in [7, 11) is 0. The van der Waals surface area contributed by atoms with E-state index in [1.165, 1.54) is 6.42 Å². The van der Waals surface area contributed by atoms with Crippen LogP contribution >= 0.6 is 0 Å². The zero-order valence-corrected chi connectivity index (χ0v) is 9.88. The lowest BCUT2D eigenvalue weighted by Crippen LogP contribution is -2.44. The van der Waals surface area contributed by atoms with E-state index in [9.17, 15) is 0 Å². The third-order valence-corrected chi connectivity index (χ3v) is 2.92. The molecule has 0 aromatic heterocycles. The van der Waals surface area contributed by atoms with E-state index < -0.39 is 0 Å². The molecule has 2 N–H and O–H groups in total. The third-order valence-electron chi connectivity index (χ3n) is 2.92. The van der Waals surface area contributed by atoms with Crippen LogP contribution in [0.5, 0.6) is 0 Å². The van der Waals surface area contributed by atoms with Gasteiger partial charge in [-0.15, -0.1) is 0 Å². The molecule has 0 radical (unpaired) electrons. The Hall–Kier alpha value is -0.0800. The minimum absolute atomic E-state index is 0.314. The smallest absolute Gasteiger partial charge is 0.0191 e. The maximum absolute atomic E-state index is 6.04. The van der Waals surface area contributed by atoms with E-state index in [-0.39, 0.29) is 0 Å². The molecule has 0 saturated heterocycles. The van der Waals surface area contributed by atoms with Gasteiger partial charge in [-0.05, 0) is 25.8 Å². The SMILES string of the molecule is CCC(C)N(CC)CC(N)C(C)C. The van der Waals surface area contributed by atoms with Crippen molar-refractivity contribution in [2.75, 3.05) is 13.1 Å². The number of likely N-dealkylation sites (N-methyl/N-ethyl adjacent to an activating group) is 1. The Labute approximate surface area is 83.5 Å². The molecule has 0 aromatic carbocycles. The number of hydrogen-bond donors (Lipinski definition) is 1. The van der Waals surface area contributed by atoms with Crippen molar-refractivity contribution in [3.63, 3.8) is 0 Å². The molecule has 0 amide bonds. The molecule has 2 heteroatoms. The van der Waals surface area contributed by atoms with Crippen LogP contribution in [0.1, 0.15) is 41.0 Å². The molecule has 0 heterocycles. The fourth-order valence-corrected chi connectivity index (χ4v) is 1.36. The van der Waals surface area contributed by atoms with Crippen molar-refractivity contribution >= 4 is 0 Å². The molecule has 0 aliphatic heterocycles. The van der Waals surface area contributed by atoms with Gasteiger partial charge in [-0.3, -0.25) is 4.90 Å². The highest BCUT2D eigenvalue weighted by Gasteiger charge is 2.15. The summed E-state index contributed by atoms with van der Waals surface area (Å²) in [5.41, 5.74) is 6.04. The fourth-order valence-electron chi connectivity index (χ4n) is 1.36. The Kier molecular flexibility index (Phi) is 6.35. The summed E-state index contributed by atoms with van der Waals surface area (Å²) < 4.78 is 0. The number of rotatable bonds is 6. The Morgan fingerprint density at radius 1 is 1.15 bits per heavy atom. The van der Waals surface area contributed by atoms with E-state index in [4.69, 9.17) is 5.73 Å². The maximum atomic E-state index is 6.04. The highest BCUT2D eigenvalue weighted by atomic mass is 15.2. The van der Waals surface area contributed by atoms with E-state index in [0.717, 1.165) is 13.1 Å². The van der Waals surface area contributed by atoms with Crippen LogP contribution in [0.3, 0.4) is 0 Å². The summed E-state index contributed by atoms with van der Waals surface area (Å²) in [5, 5.41) is 0. The second kappa shape index (κ2) is 6.39. The van der Waals surface area contributed by atoms with Gasteiger partial charge in [0.15, 0.2) is 0 Å². The van der Waals surface area contributed by atoms with E-state index in [0.29, 0.717) is 18.0 Å². The summed E-state index contributed by atoms with van der Waals surface area (Å²) in [6.45, 7) is 13.2. The van der Waals surface area contributed by atoms with Crippen molar-refractivity contribution < 1.29 is 0 Å². The molecule has 0 rings (SSSR count). The predicted octanol–water partition coefficient (Wildman–Crippen LogP) is 2.09. The van der Waals surface area contributed by atoms with Gasteiger partial charge in [-0.2, -0.15) is 0 Å². The molecule has 0 aromatic rings. The Bertz CT molecular complexity index is 123. The molecular formula is C11H26N2. The van der Waals surface area contributed by atoms with Crippen LogP contribution in [0.25, 0.3) is 0 Å². The van der Waals surface area contributed by atoms with Crippen LogP contribution < -0.4 is 5.73 Å². The Morgan fingerprint density at radius 2 is 1.69 bits per heavy atom. The van der Waals surface area contributed by atoms with E-state index in [1.54, 1.807) is 0 Å². The van der Waals surface area contributed by atoms with Crippen LogP contribution in [-0.4, -0.2) is 30.1 Å². The summed E-state index contributed by atoms with van der Waals surface area (Å²) in [4.78, 5) is 2.46. The van der Waals surface area contributed by atoms with Gasteiger partial charge in [0.25, 0.3) is 0 Å². The average Bonchev–Trinajstić information content (AvgIpc) is 2.12. The van der Waals surface area contributed by atoms with Crippen molar-refractivity contribution in [2.24, 2.45) is 11.7 Å². The van der Waals surface area contributed by atoms with Gasteiger partial charge >= 0.3 is 0 Å². The van der Waals surface area contributed by atoms with Crippen molar-refractivity contribution in [2.45, 2.75) is 53.1 Å². The second-order valence-corrected chi connectivity index (χ2v) is 4.25. The zero-order valence-electron chi connectivity index (χ0n) is 9.88. The minimum Gasteiger partial charge on any atom is -0.326 e. The highest BCUT2D eigenvalue weighted by molar-refractivity contribution is 4.73. The number of nitrogens with zero attached hydrogens (tertiary/aromatic N) is 1. The van der Waals surface area contributed by atoms with Crippen LogP contribution in [0.4, 0.5) is 0 Å². The Balaban J connectivity index is 3.97. The quantitative estimate of drug-likeness (QED) is 0.688. The molecule has 2 unspecified atom stereocenters. The zero-order chi connectivity index (χ0) is 10.4. The first kappa shape index (κ1) is 12.9. The standard InChI is InChI=1S/C11H26N2/c1-6-10(5)13(7-2)8-11(12)9(3)4/h9-11H,6-8,12H2,1-5H3. The van der Waals surface area contributed by atoms with Crippen LogP contribution in [-0.2, 0) is 0 Å². The van der Waals surface area contributed by atoms with Crippen molar-refractivity contribution in [3.8, 4) is 0 Å². The van der Waals surface area contributed by atoms with Crippen LogP contribution in [0.2, 0.25) is 0 Å². The molecule has 0 saturated carbocycles. The molecule has 0 bridgehead atoms. The lowest BCUT2D eigenvalue weighted by atomic mass is 10.0. The molecule has 80 valence electrons. The summed E-state index contributed by atoms with van der Waals surface area (Å²) in [5.74, 6) is 0.582. The summed E-state index contributed by atoms with van der Waals surface area (Å²) >= 11 is 0. The normalized spacial score (nSPS) is 16.6. The second-order valence-electron chi connectivity index (χ2n) is 4.25. The van der Waals surface area contributed by atoms with Gasteiger partial charge < -0.3 is 5.73 Å². The number of hydrogen-bond acceptors (Lipinski definition) is 2. The number of nitrogens with two attached hydrogens (primary N) is 1.